The lowest BCUT2D eigenvalue weighted by Gasteiger charge is -2.16. The average molecular weight is 195 g/mol. The van der Waals surface area contributed by atoms with Gasteiger partial charge in [0.1, 0.15) is 0 Å². The Morgan fingerprint density at radius 3 is 2.58 bits per heavy atom. The third kappa shape index (κ3) is 6.85. The zero-order valence-corrected chi connectivity index (χ0v) is 8.90. The van der Waals surface area contributed by atoms with Crippen LogP contribution in [0.2, 0.25) is 0 Å². The number of nitrogens with zero attached hydrogens (tertiary/aromatic N) is 1. The zero-order chi connectivity index (χ0) is 9.40. The van der Waals surface area contributed by atoms with Gasteiger partial charge in [-0.1, -0.05) is 0 Å². The number of halogens is 1. The number of hydrogen-bond donors (Lipinski definition) is 1. The fourth-order valence-corrected chi connectivity index (χ4v) is 1.05. The first kappa shape index (κ1) is 12.2. The summed E-state index contributed by atoms with van der Waals surface area (Å²) >= 11 is 5.71. The summed E-state index contributed by atoms with van der Waals surface area (Å²) in [6.07, 6.45) is 0. The quantitative estimate of drug-likeness (QED) is 0.594. The van der Waals surface area contributed by atoms with Crippen molar-refractivity contribution in [3.05, 3.63) is 0 Å². The van der Waals surface area contributed by atoms with E-state index in [0.717, 1.165) is 13.1 Å². The van der Waals surface area contributed by atoms with Crippen molar-refractivity contribution in [3.63, 3.8) is 0 Å². The Morgan fingerprint density at radius 1 is 1.50 bits per heavy atom. The van der Waals surface area contributed by atoms with Crippen molar-refractivity contribution < 1.29 is 4.74 Å². The molecule has 12 heavy (non-hydrogen) atoms. The Morgan fingerprint density at radius 2 is 2.17 bits per heavy atom. The maximum atomic E-state index is 5.71. The number of rotatable bonds is 7. The van der Waals surface area contributed by atoms with Gasteiger partial charge in [-0.25, -0.2) is 0 Å². The number of likely N-dealkylation sites (N-methyl/N-ethyl adjacent to an activating group) is 1. The van der Waals surface area contributed by atoms with Crippen LogP contribution in [0.5, 0.6) is 0 Å². The van der Waals surface area contributed by atoms with Crippen molar-refractivity contribution in [1.29, 1.82) is 0 Å². The molecule has 0 amide bonds. The van der Waals surface area contributed by atoms with E-state index >= 15 is 0 Å². The van der Waals surface area contributed by atoms with Crippen LogP contribution in [0, 0.1) is 0 Å². The molecule has 0 saturated heterocycles. The minimum Gasteiger partial charge on any atom is -0.383 e. The second kappa shape index (κ2) is 7.80. The molecule has 1 unspecified atom stereocenters. The molecule has 4 heteroatoms. The topological polar surface area (TPSA) is 24.5 Å². The number of hydrogen-bond acceptors (Lipinski definition) is 3. The highest BCUT2D eigenvalue weighted by molar-refractivity contribution is 6.18. The molecule has 0 aromatic carbocycles. The first-order chi connectivity index (χ1) is 5.70. The summed E-state index contributed by atoms with van der Waals surface area (Å²) < 4.78 is 4.99. The Bertz CT molecular complexity index is 101. The van der Waals surface area contributed by atoms with Crippen molar-refractivity contribution in [2.45, 2.75) is 6.04 Å². The number of ether oxygens (including phenoxy) is 1. The van der Waals surface area contributed by atoms with E-state index in [9.17, 15) is 0 Å². The predicted octanol–water partition coefficient (Wildman–Crippen LogP) is 0.391. The van der Waals surface area contributed by atoms with E-state index in [-0.39, 0.29) is 6.04 Å². The number of methoxy groups -OCH3 is 1. The highest BCUT2D eigenvalue weighted by Crippen LogP contribution is 1.88. The molecule has 1 N–H and O–H groups in total. The molecule has 0 saturated carbocycles. The van der Waals surface area contributed by atoms with Gasteiger partial charge in [0, 0.05) is 32.1 Å². The lowest BCUT2D eigenvalue weighted by molar-refractivity contribution is 0.172. The fourth-order valence-electron chi connectivity index (χ4n) is 0.851. The SMILES string of the molecule is COCC(CCl)NCCN(C)C. The maximum Gasteiger partial charge on any atom is 0.0627 e. The van der Waals surface area contributed by atoms with Crippen LogP contribution in [0.4, 0.5) is 0 Å². The molecule has 3 nitrogen and oxygen atoms in total. The van der Waals surface area contributed by atoms with E-state index in [2.05, 4.69) is 10.2 Å². The maximum absolute atomic E-state index is 5.71. The third-order valence-electron chi connectivity index (χ3n) is 1.55. The summed E-state index contributed by atoms with van der Waals surface area (Å²) in [6.45, 7) is 2.65. The highest BCUT2D eigenvalue weighted by atomic mass is 35.5. The smallest absolute Gasteiger partial charge is 0.0627 e. The second-order valence-corrected chi connectivity index (χ2v) is 3.37. The largest absolute Gasteiger partial charge is 0.383 e. The molecule has 0 radical (unpaired) electrons. The van der Waals surface area contributed by atoms with Crippen LogP contribution >= 0.6 is 11.6 Å². The van der Waals surface area contributed by atoms with Crippen LogP contribution in [0.15, 0.2) is 0 Å². The minimum absolute atomic E-state index is 0.275. The van der Waals surface area contributed by atoms with E-state index in [0.29, 0.717) is 12.5 Å². The summed E-state index contributed by atoms with van der Waals surface area (Å²) in [7, 11) is 5.79. The first-order valence-electron chi connectivity index (χ1n) is 4.13. The third-order valence-corrected chi connectivity index (χ3v) is 1.92. The summed E-state index contributed by atoms with van der Waals surface area (Å²) in [5, 5.41) is 3.30. The molecular formula is C8H19ClN2O. The van der Waals surface area contributed by atoms with Crippen LogP contribution in [0.1, 0.15) is 0 Å². The number of alkyl halides is 1. The van der Waals surface area contributed by atoms with E-state index in [1.165, 1.54) is 0 Å². The van der Waals surface area contributed by atoms with Crippen molar-refractivity contribution in [1.82, 2.24) is 10.2 Å². The molecule has 1 atom stereocenters. The van der Waals surface area contributed by atoms with Gasteiger partial charge in [-0.3, -0.25) is 0 Å². The van der Waals surface area contributed by atoms with Gasteiger partial charge in [0.2, 0.25) is 0 Å². The first-order valence-corrected chi connectivity index (χ1v) is 4.67. The van der Waals surface area contributed by atoms with Gasteiger partial charge in [-0.2, -0.15) is 0 Å². The fraction of sp³-hybridized carbons (Fsp3) is 1.00. The Labute approximate surface area is 80.0 Å². The van der Waals surface area contributed by atoms with Crippen molar-refractivity contribution in [2.75, 3.05) is 46.8 Å². The second-order valence-electron chi connectivity index (χ2n) is 3.06. The van der Waals surface area contributed by atoms with Crippen LogP contribution in [-0.2, 0) is 4.74 Å². The molecule has 0 spiro atoms. The Hall–Kier alpha value is 0.170. The molecule has 0 bridgehead atoms. The van der Waals surface area contributed by atoms with Crippen molar-refractivity contribution in [2.24, 2.45) is 0 Å². The normalized spacial score (nSPS) is 13.8. The molecule has 0 rings (SSSR count). The van der Waals surface area contributed by atoms with Gasteiger partial charge in [0.25, 0.3) is 0 Å². The zero-order valence-electron chi connectivity index (χ0n) is 8.14. The van der Waals surface area contributed by atoms with Crippen LogP contribution in [0.3, 0.4) is 0 Å². The van der Waals surface area contributed by atoms with Crippen molar-refractivity contribution >= 4 is 11.6 Å². The van der Waals surface area contributed by atoms with E-state index in [1.807, 2.05) is 14.1 Å². The van der Waals surface area contributed by atoms with Crippen LogP contribution in [0.25, 0.3) is 0 Å². The summed E-state index contributed by atoms with van der Waals surface area (Å²) in [5.41, 5.74) is 0. The van der Waals surface area contributed by atoms with Gasteiger partial charge >= 0.3 is 0 Å². The van der Waals surface area contributed by atoms with Gasteiger partial charge in [0.05, 0.1) is 6.61 Å². The van der Waals surface area contributed by atoms with Gasteiger partial charge in [0.15, 0.2) is 0 Å². The highest BCUT2D eigenvalue weighted by Gasteiger charge is 2.04. The average Bonchev–Trinajstić information content (AvgIpc) is 2.02. The summed E-state index contributed by atoms with van der Waals surface area (Å²) in [4.78, 5) is 2.13. The molecule has 0 aliphatic rings. The lowest BCUT2D eigenvalue weighted by Crippen LogP contribution is -2.38. The van der Waals surface area contributed by atoms with Gasteiger partial charge < -0.3 is 15.0 Å². The molecule has 0 aliphatic heterocycles. The standard InChI is InChI=1S/C8H19ClN2O/c1-11(2)5-4-10-8(6-9)7-12-3/h8,10H,4-7H2,1-3H3. The summed E-state index contributed by atoms with van der Waals surface area (Å²) in [5.74, 6) is 0.598. The molecule has 74 valence electrons. The molecular weight excluding hydrogens is 176 g/mol. The Kier molecular flexibility index (Phi) is 7.91. The van der Waals surface area contributed by atoms with Crippen LogP contribution < -0.4 is 5.32 Å². The molecule has 0 aliphatic carbocycles. The van der Waals surface area contributed by atoms with E-state index < -0.39 is 0 Å². The molecule has 0 fully saturated rings. The minimum atomic E-state index is 0.275. The Balaban J connectivity index is 3.31. The van der Waals surface area contributed by atoms with Gasteiger partial charge in [-0.15, -0.1) is 11.6 Å². The molecule has 0 aromatic rings. The summed E-state index contributed by atoms with van der Waals surface area (Å²) in [6, 6.07) is 0.275. The molecule has 0 heterocycles. The van der Waals surface area contributed by atoms with Gasteiger partial charge in [-0.05, 0) is 14.1 Å². The van der Waals surface area contributed by atoms with Crippen molar-refractivity contribution in [3.8, 4) is 0 Å². The van der Waals surface area contributed by atoms with Crippen LogP contribution in [-0.4, -0.2) is 57.7 Å². The lowest BCUT2D eigenvalue weighted by atomic mass is 10.3. The number of nitrogens with one attached hydrogen (secondary N) is 1. The monoisotopic (exact) mass is 194 g/mol. The van der Waals surface area contributed by atoms with E-state index in [4.69, 9.17) is 16.3 Å². The predicted molar refractivity (Wildman–Crippen MR) is 52.9 cm³/mol. The van der Waals surface area contributed by atoms with E-state index in [1.54, 1.807) is 7.11 Å². The molecule has 0 aromatic heterocycles.